The second-order valence-corrected chi connectivity index (χ2v) is 9.88. The number of hydrogen-bond donors (Lipinski definition) is 2. The van der Waals surface area contributed by atoms with Gasteiger partial charge < -0.3 is 10.4 Å². The minimum atomic E-state index is -0.817. The zero-order valence-corrected chi connectivity index (χ0v) is 22.2. The van der Waals surface area contributed by atoms with Crippen molar-refractivity contribution in [2.75, 3.05) is 0 Å². The number of halogens is 1. The maximum atomic E-state index is 13.2. The van der Waals surface area contributed by atoms with E-state index in [0.29, 0.717) is 40.9 Å². The van der Waals surface area contributed by atoms with Gasteiger partial charge in [0.05, 0.1) is 34.0 Å². The number of unbranched alkanes of at least 4 members (excludes halogenated alkanes) is 1. The van der Waals surface area contributed by atoms with Crippen molar-refractivity contribution in [2.45, 2.75) is 38.6 Å². The highest BCUT2D eigenvalue weighted by Crippen LogP contribution is 2.27. The van der Waals surface area contributed by atoms with Gasteiger partial charge in [0.2, 0.25) is 0 Å². The molecule has 39 heavy (non-hydrogen) atoms. The molecule has 0 radical (unpaired) electrons. The molecular formula is C31H27ClN4O3. The van der Waals surface area contributed by atoms with Crippen LogP contribution in [0, 0.1) is 0 Å². The van der Waals surface area contributed by atoms with E-state index in [-0.39, 0.29) is 18.4 Å². The van der Waals surface area contributed by atoms with Crippen LogP contribution in [0.15, 0.2) is 79.0 Å². The number of nitrogens with zero attached hydrogens (tertiary/aromatic N) is 3. The van der Waals surface area contributed by atoms with Gasteiger partial charge in [-0.25, -0.2) is 9.97 Å². The van der Waals surface area contributed by atoms with Gasteiger partial charge in [-0.05, 0) is 74.2 Å². The molecule has 0 aliphatic heterocycles. The highest BCUT2D eigenvalue weighted by molar-refractivity contribution is 6.30. The van der Waals surface area contributed by atoms with E-state index < -0.39 is 5.97 Å². The fourth-order valence-electron chi connectivity index (χ4n) is 4.68. The minimum Gasteiger partial charge on any atom is -0.481 e. The summed E-state index contributed by atoms with van der Waals surface area (Å²) in [6, 6.07) is 22.2. The monoisotopic (exact) mass is 538 g/mol. The Labute approximate surface area is 230 Å². The summed E-state index contributed by atoms with van der Waals surface area (Å²) in [6.07, 6.45) is 3.62. The number of carbonyl (C=O) groups excluding carboxylic acids is 1. The number of carbonyl (C=O) groups is 2. The smallest absolute Gasteiger partial charge is 0.303 e. The van der Waals surface area contributed by atoms with E-state index in [9.17, 15) is 9.59 Å². The fraction of sp³-hybridized carbons (Fsp3) is 0.194. The third-order valence-electron chi connectivity index (χ3n) is 6.66. The van der Waals surface area contributed by atoms with E-state index in [2.05, 4.69) is 10.3 Å². The second-order valence-electron chi connectivity index (χ2n) is 9.44. The van der Waals surface area contributed by atoms with Crippen molar-refractivity contribution in [1.29, 1.82) is 0 Å². The molecule has 0 fully saturated rings. The third kappa shape index (κ3) is 6.04. The number of aliphatic carboxylic acids is 1. The van der Waals surface area contributed by atoms with Crippen LogP contribution in [0.1, 0.15) is 53.8 Å². The van der Waals surface area contributed by atoms with Crippen molar-refractivity contribution in [1.82, 2.24) is 20.3 Å². The molecule has 2 heterocycles. The molecular weight excluding hydrogens is 512 g/mol. The van der Waals surface area contributed by atoms with E-state index in [4.69, 9.17) is 26.7 Å². The maximum absolute atomic E-state index is 13.2. The van der Waals surface area contributed by atoms with Crippen molar-refractivity contribution in [3.63, 3.8) is 0 Å². The van der Waals surface area contributed by atoms with E-state index >= 15 is 0 Å². The molecule has 1 atom stereocenters. The Morgan fingerprint density at radius 2 is 1.74 bits per heavy atom. The zero-order valence-electron chi connectivity index (χ0n) is 21.4. The summed E-state index contributed by atoms with van der Waals surface area (Å²) in [5.41, 5.74) is 5.99. The SMILES string of the molecule is C[C@H](NC(=O)c1ccc2nc(-c3ccc(Cl)cc3)c(CCCCC(=O)O)nc2c1)c1cccc2ncccc12. The molecule has 0 aliphatic rings. The number of fused-ring (bicyclic) bond motifs is 2. The Bertz CT molecular complexity index is 1670. The molecule has 7 nitrogen and oxygen atoms in total. The lowest BCUT2D eigenvalue weighted by molar-refractivity contribution is -0.137. The quantitative estimate of drug-likeness (QED) is 0.200. The first-order chi connectivity index (χ1) is 18.9. The highest BCUT2D eigenvalue weighted by Gasteiger charge is 2.17. The molecule has 1 amide bonds. The lowest BCUT2D eigenvalue weighted by atomic mass is 10.0. The molecule has 8 heteroatoms. The number of pyridine rings is 1. The first-order valence-electron chi connectivity index (χ1n) is 12.8. The van der Waals surface area contributed by atoms with Gasteiger partial charge in [-0.2, -0.15) is 0 Å². The number of carboxylic acid groups (broad SMARTS) is 1. The third-order valence-corrected chi connectivity index (χ3v) is 6.92. The molecule has 0 saturated heterocycles. The number of benzene rings is 3. The molecule has 2 N–H and O–H groups in total. The largest absolute Gasteiger partial charge is 0.481 e. The normalized spacial score (nSPS) is 11.9. The summed E-state index contributed by atoms with van der Waals surface area (Å²) in [5, 5.41) is 13.7. The number of nitrogens with one attached hydrogen (secondary N) is 1. The van der Waals surface area contributed by atoms with Crippen molar-refractivity contribution < 1.29 is 14.7 Å². The van der Waals surface area contributed by atoms with E-state index in [1.54, 1.807) is 36.5 Å². The summed E-state index contributed by atoms with van der Waals surface area (Å²) in [7, 11) is 0. The Morgan fingerprint density at radius 1 is 0.923 bits per heavy atom. The van der Waals surface area contributed by atoms with Gasteiger partial charge in [0, 0.05) is 34.2 Å². The molecule has 2 aromatic heterocycles. The predicted molar refractivity (Wildman–Crippen MR) is 153 cm³/mol. The lowest BCUT2D eigenvalue weighted by Gasteiger charge is -2.17. The molecule has 5 aromatic rings. The second kappa shape index (κ2) is 11.6. The molecule has 0 bridgehead atoms. The average Bonchev–Trinajstić information content (AvgIpc) is 2.94. The van der Waals surface area contributed by atoms with Crippen molar-refractivity contribution >= 4 is 45.4 Å². The standard InChI is InChI=1S/C31H27ClN4O3/c1-19(23-6-4-9-25-24(23)7-5-17-33-25)34-31(39)21-13-16-26-28(18-21)35-27(8-2-3-10-29(37)38)30(36-26)20-11-14-22(32)15-12-20/h4-7,9,11-19H,2-3,8,10H2,1H3,(H,34,39)(H,37,38)/t19-/m0/s1. The number of rotatable bonds is 9. The van der Waals surface area contributed by atoms with Crippen LogP contribution >= 0.6 is 11.6 Å². The maximum Gasteiger partial charge on any atom is 0.303 e. The summed E-state index contributed by atoms with van der Waals surface area (Å²) in [5.74, 6) is -1.03. The number of aromatic nitrogens is 3. The number of aryl methyl sites for hydroxylation is 1. The van der Waals surface area contributed by atoms with Gasteiger partial charge in [-0.3, -0.25) is 14.6 Å². The molecule has 3 aromatic carbocycles. The zero-order chi connectivity index (χ0) is 27.4. The van der Waals surface area contributed by atoms with Crippen molar-refractivity contribution in [3.8, 4) is 11.3 Å². The van der Waals surface area contributed by atoms with Gasteiger partial charge in [0.25, 0.3) is 5.91 Å². The van der Waals surface area contributed by atoms with Crippen molar-refractivity contribution in [2.24, 2.45) is 0 Å². The predicted octanol–water partition coefficient (Wildman–Crippen LogP) is 6.79. The summed E-state index contributed by atoms with van der Waals surface area (Å²) in [6.45, 7) is 1.95. The molecule has 196 valence electrons. The summed E-state index contributed by atoms with van der Waals surface area (Å²) < 4.78 is 0. The molecule has 0 spiro atoms. The topological polar surface area (TPSA) is 105 Å². The lowest BCUT2D eigenvalue weighted by Crippen LogP contribution is -2.26. The van der Waals surface area contributed by atoms with Crippen LogP contribution < -0.4 is 5.32 Å². The average molecular weight is 539 g/mol. The van der Waals surface area contributed by atoms with Crippen LogP contribution in [0.4, 0.5) is 0 Å². The van der Waals surface area contributed by atoms with Gasteiger partial charge in [-0.1, -0.05) is 41.9 Å². The van der Waals surface area contributed by atoms with Crippen LogP contribution in [-0.4, -0.2) is 31.9 Å². The Morgan fingerprint density at radius 3 is 2.54 bits per heavy atom. The molecule has 5 rings (SSSR count). The van der Waals surface area contributed by atoms with Gasteiger partial charge in [-0.15, -0.1) is 0 Å². The minimum absolute atomic E-state index is 0.104. The van der Waals surface area contributed by atoms with Crippen LogP contribution in [-0.2, 0) is 11.2 Å². The molecule has 0 unspecified atom stereocenters. The van der Waals surface area contributed by atoms with Gasteiger partial charge in [0.15, 0.2) is 0 Å². The number of carboxylic acids is 1. The van der Waals surface area contributed by atoms with Crippen LogP contribution in [0.5, 0.6) is 0 Å². The van der Waals surface area contributed by atoms with E-state index in [0.717, 1.165) is 33.4 Å². The summed E-state index contributed by atoms with van der Waals surface area (Å²) in [4.78, 5) is 38.4. The van der Waals surface area contributed by atoms with Gasteiger partial charge >= 0.3 is 5.97 Å². The molecule has 0 aliphatic carbocycles. The first kappa shape index (κ1) is 26.3. The number of hydrogen-bond acceptors (Lipinski definition) is 5. The van der Waals surface area contributed by atoms with E-state index in [1.165, 1.54) is 0 Å². The van der Waals surface area contributed by atoms with Crippen LogP contribution in [0.3, 0.4) is 0 Å². The highest BCUT2D eigenvalue weighted by atomic mass is 35.5. The van der Waals surface area contributed by atoms with Gasteiger partial charge in [0.1, 0.15) is 0 Å². The van der Waals surface area contributed by atoms with Crippen molar-refractivity contribution in [3.05, 3.63) is 101 Å². The molecule has 0 saturated carbocycles. The van der Waals surface area contributed by atoms with Crippen LogP contribution in [0.25, 0.3) is 33.2 Å². The first-order valence-corrected chi connectivity index (χ1v) is 13.2. The fourth-order valence-corrected chi connectivity index (χ4v) is 4.80. The van der Waals surface area contributed by atoms with Crippen LogP contribution in [0.2, 0.25) is 5.02 Å². The number of amides is 1. The summed E-state index contributed by atoms with van der Waals surface area (Å²) >= 11 is 6.08. The Balaban J connectivity index is 1.43. The Kier molecular flexibility index (Phi) is 7.79. The Hall–Kier alpha value is -4.36. The van der Waals surface area contributed by atoms with E-state index in [1.807, 2.05) is 49.4 Å².